The number of anilines is 1. The van der Waals surface area contributed by atoms with Gasteiger partial charge in [0.25, 0.3) is 0 Å². The minimum atomic E-state index is 0.193. The van der Waals surface area contributed by atoms with Gasteiger partial charge >= 0.3 is 0 Å². The third-order valence-electron chi connectivity index (χ3n) is 2.54. The summed E-state index contributed by atoms with van der Waals surface area (Å²) < 4.78 is 5.06. The van der Waals surface area contributed by atoms with Gasteiger partial charge in [0.2, 0.25) is 0 Å². The number of ether oxygens (including phenoxy) is 1. The number of rotatable bonds is 4. The topological polar surface area (TPSA) is 47.0 Å². The Morgan fingerprint density at radius 2 is 1.94 bits per heavy atom. The number of aromatic nitrogens is 2. The van der Waals surface area contributed by atoms with E-state index in [0.717, 1.165) is 11.6 Å². The second kappa shape index (κ2) is 5.30. The normalized spacial score (nSPS) is 11.9. The van der Waals surface area contributed by atoms with Crippen LogP contribution in [0.1, 0.15) is 18.5 Å². The van der Waals surface area contributed by atoms with Gasteiger partial charge < -0.3 is 10.1 Å². The number of pyridine rings is 2. The zero-order valence-corrected chi connectivity index (χ0v) is 9.92. The van der Waals surface area contributed by atoms with Crippen molar-refractivity contribution in [2.45, 2.75) is 13.0 Å². The van der Waals surface area contributed by atoms with E-state index in [9.17, 15) is 0 Å². The number of methoxy groups -OCH3 is 1. The molecule has 0 aromatic carbocycles. The molecule has 2 aromatic heterocycles. The molecule has 0 saturated carbocycles. The Hall–Kier alpha value is -2.10. The Bertz CT molecular complexity index is 456. The lowest BCUT2D eigenvalue weighted by molar-refractivity contribution is 0.413. The predicted molar refractivity (Wildman–Crippen MR) is 67.1 cm³/mol. The van der Waals surface area contributed by atoms with Gasteiger partial charge in [-0.3, -0.25) is 4.98 Å². The molecular weight excluding hydrogens is 214 g/mol. The molecule has 0 bridgehead atoms. The molecule has 0 aliphatic heterocycles. The summed E-state index contributed by atoms with van der Waals surface area (Å²) >= 11 is 0. The lowest BCUT2D eigenvalue weighted by Crippen LogP contribution is -2.07. The Labute approximate surface area is 101 Å². The number of hydrogen-bond acceptors (Lipinski definition) is 4. The van der Waals surface area contributed by atoms with Crippen molar-refractivity contribution in [3.63, 3.8) is 0 Å². The molecule has 2 aromatic rings. The first-order valence-corrected chi connectivity index (χ1v) is 5.46. The molecule has 17 heavy (non-hydrogen) atoms. The highest BCUT2D eigenvalue weighted by Gasteiger charge is 2.05. The molecule has 0 radical (unpaired) electrons. The fraction of sp³-hybridized carbons (Fsp3) is 0.231. The standard InChI is InChI=1S/C13H15N3O/c1-10(11-5-7-14-8-6-11)16-13-4-3-12(17-2)9-15-13/h3-10H,1-2H3,(H,15,16). The van der Waals surface area contributed by atoms with E-state index in [1.165, 1.54) is 5.56 Å². The van der Waals surface area contributed by atoms with Crippen molar-refractivity contribution in [2.24, 2.45) is 0 Å². The molecule has 1 N–H and O–H groups in total. The Morgan fingerprint density at radius 1 is 1.18 bits per heavy atom. The summed E-state index contributed by atoms with van der Waals surface area (Å²) in [5.74, 6) is 1.59. The smallest absolute Gasteiger partial charge is 0.137 e. The first-order valence-electron chi connectivity index (χ1n) is 5.46. The molecule has 88 valence electrons. The van der Waals surface area contributed by atoms with Crippen molar-refractivity contribution in [3.05, 3.63) is 48.4 Å². The van der Waals surface area contributed by atoms with Crippen LogP contribution in [0.5, 0.6) is 5.75 Å². The minimum Gasteiger partial charge on any atom is -0.495 e. The second-order valence-electron chi connectivity index (χ2n) is 3.73. The quantitative estimate of drug-likeness (QED) is 0.875. The van der Waals surface area contributed by atoms with Crippen molar-refractivity contribution in [2.75, 3.05) is 12.4 Å². The van der Waals surface area contributed by atoms with E-state index in [1.54, 1.807) is 25.7 Å². The summed E-state index contributed by atoms with van der Waals surface area (Å²) in [7, 11) is 1.63. The largest absolute Gasteiger partial charge is 0.495 e. The average molecular weight is 229 g/mol. The Morgan fingerprint density at radius 3 is 2.53 bits per heavy atom. The Kier molecular flexibility index (Phi) is 3.55. The maximum atomic E-state index is 5.06. The maximum absolute atomic E-state index is 5.06. The van der Waals surface area contributed by atoms with Crippen LogP contribution in [0, 0.1) is 0 Å². The second-order valence-corrected chi connectivity index (χ2v) is 3.73. The molecule has 0 aliphatic carbocycles. The molecule has 2 heterocycles. The van der Waals surface area contributed by atoms with Crippen LogP contribution in [0.15, 0.2) is 42.9 Å². The summed E-state index contributed by atoms with van der Waals surface area (Å²) in [5, 5.41) is 3.32. The van der Waals surface area contributed by atoms with E-state index in [4.69, 9.17) is 4.74 Å². The summed E-state index contributed by atoms with van der Waals surface area (Å²) in [5.41, 5.74) is 1.18. The van der Waals surface area contributed by atoms with Gasteiger partial charge in [0.1, 0.15) is 11.6 Å². The van der Waals surface area contributed by atoms with Crippen molar-refractivity contribution < 1.29 is 4.74 Å². The van der Waals surface area contributed by atoms with Crippen molar-refractivity contribution in [1.29, 1.82) is 0 Å². The van der Waals surface area contributed by atoms with Crippen molar-refractivity contribution >= 4 is 5.82 Å². The van der Waals surface area contributed by atoms with Crippen LogP contribution in [-0.4, -0.2) is 17.1 Å². The molecule has 1 atom stereocenters. The molecule has 4 nitrogen and oxygen atoms in total. The van der Waals surface area contributed by atoms with Crippen LogP contribution < -0.4 is 10.1 Å². The highest BCUT2D eigenvalue weighted by molar-refractivity contribution is 5.40. The SMILES string of the molecule is COc1ccc(NC(C)c2ccncc2)nc1. The highest BCUT2D eigenvalue weighted by atomic mass is 16.5. The van der Waals surface area contributed by atoms with Crippen LogP contribution >= 0.6 is 0 Å². The van der Waals surface area contributed by atoms with E-state index < -0.39 is 0 Å². The maximum Gasteiger partial charge on any atom is 0.137 e. The van der Waals surface area contributed by atoms with Crippen LogP contribution in [0.3, 0.4) is 0 Å². The number of nitrogens with one attached hydrogen (secondary N) is 1. The van der Waals surface area contributed by atoms with Gasteiger partial charge in [-0.05, 0) is 36.8 Å². The molecule has 2 rings (SSSR count). The monoisotopic (exact) mass is 229 g/mol. The van der Waals surface area contributed by atoms with E-state index in [1.807, 2.05) is 24.3 Å². The molecule has 0 spiro atoms. The van der Waals surface area contributed by atoms with E-state index >= 15 is 0 Å². The van der Waals surface area contributed by atoms with Gasteiger partial charge in [-0.1, -0.05) is 0 Å². The van der Waals surface area contributed by atoms with Gasteiger partial charge in [0.05, 0.1) is 19.3 Å². The molecule has 0 fully saturated rings. The molecular formula is C13H15N3O. The number of nitrogens with zero attached hydrogens (tertiary/aromatic N) is 2. The predicted octanol–water partition coefficient (Wildman–Crippen LogP) is 2.66. The lowest BCUT2D eigenvalue weighted by Gasteiger charge is -2.14. The summed E-state index contributed by atoms with van der Waals surface area (Å²) in [6, 6.07) is 7.95. The van der Waals surface area contributed by atoms with Crippen LogP contribution in [0.4, 0.5) is 5.82 Å². The van der Waals surface area contributed by atoms with Crippen LogP contribution in [0.25, 0.3) is 0 Å². The summed E-state index contributed by atoms with van der Waals surface area (Å²) in [6.07, 6.45) is 5.27. The Balaban J connectivity index is 2.05. The van der Waals surface area contributed by atoms with Gasteiger partial charge in [0, 0.05) is 12.4 Å². The van der Waals surface area contributed by atoms with Crippen molar-refractivity contribution in [1.82, 2.24) is 9.97 Å². The third-order valence-corrected chi connectivity index (χ3v) is 2.54. The molecule has 0 saturated heterocycles. The average Bonchev–Trinajstić information content (AvgIpc) is 2.40. The van der Waals surface area contributed by atoms with Gasteiger partial charge in [0.15, 0.2) is 0 Å². The number of hydrogen-bond donors (Lipinski definition) is 1. The zero-order chi connectivity index (χ0) is 12.1. The van der Waals surface area contributed by atoms with E-state index in [2.05, 4.69) is 22.2 Å². The first kappa shape index (κ1) is 11.4. The van der Waals surface area contributed by atoms with E-state index in [0.29, 0.717) is 0 Å². The molecule has 0 amide bonds. The van der Waals surface area contributed by atoms with Crippen molar-refractivity contribution in [3.8, 4) is 5.75 Å². The molecule has 4 heteroatoms. The summed E-state index contributed by atoms with van der Waals surface area (Å²) in [4.78, 5) is 8.26. The van der Waals surface area contributed by atoms with Gasteiger partial charge in [-0.25, -0.2) is 4.98 Å². The van der Waals surface area contributed by atoms with Crippen LogP contribution in [0.2, 0.25) is 0 Å². The summed E-state index contributed by atoms with van der Waals surface area (Å²) in [6.45, 7) is 2.08. The zero-order valence-electron chi connectivity index (χ0n) is 9.92. The fourth-order valence-corrected chi connectivity index (χ4v) is 1.54. The van der Waals surface area contributed by atoms with Gasteiger partial charge in [-0.15, -0.1) is 0 Å². The lowest BCUT2D eigenvalue weighted by atomic mass is 10.1. The van der Waals surface area contributed by atoms with Crippen LogP contribution in [-0.2, 0) is 0 Å². The third kappa shape index (κ3) is 2.93. The fourth-order valence-electron chi connectivity index (χ4n) is 1.54. The first-order chi connectivity index (χ1) is 8.29. The molecule has 0 aliphatic rings. The van der Waals surface area contributed by atoms with E-state index in [-0.39, 0.29) is 6.04 Å². The minimum absolute atomic E-state index is 0.193. The molecule has 1 unspecified atom stereocenters. The van der Waals surface area contributed by atoms with Gasteiger partial charge in [-0.2, -0.15) is 0 Å². The highest BCUT2D eigenvalue weighted by Crippen LogP contribution is 2.18.